The number of aliphatic hydroxyl groups excluding tert-OH is 1. The van der Waals surface area contributed by atoms with Gasteiger partial charge in [-0.15, -0.1) is 0 Å². The van der Waals surface area contributed by atoms with E-state index < -0.39 is 6.10 Å². The summed E-state index contributed by atoms with van der Waals surface area (Å²) in [5.41, 5.74) is 2.61. The molecule has 1 unspecified atom stereocenters. The number of rotatable bonds is 2. The maximum absolute atomic E-state index is 9.70. The third kappa shape index (κ3) is 2.35. The summed E-state index contributed by atoms with van der Waals surface area (Å²) in [6.45, 7) is 3.18. The van der Waals surface area contributed by atoms with Crippen molar-refractivity contribution in [2.75, 3.05) is 26.3 Å². The topological polar surface area (TPSA) is 71.6 Å². The molecule has 1 saturated heterocycles. The van der Waals surface area contributed by atoms with Gasteiger partial charge in [0.1, 0.15) is 11.0 Å². The molecule has 1 aliphatic rings. The Morgan fingerprint density at radius 1 is 1.39 bits per heavy atom. The molecule has 0 saturated carbocycles. The predicted octanol–water partition coefficient (Wildman–Crippen LogP) is 0.416. The Hall–Kier alpha value is -1.50. The van der Waals surface area contributed by atoms with E-state index in [9.17, 15) is 5.11 Å². The minimum absolute atomic E-state index is 0.409. The molecule has 1 fully saturated rings. The van der Waals surface area contributed by atoms with Crippen LogP contribution in [0.2, 0.25) is 0 Å². The highest BCUT2D eigenvalue weighted by Gasteiger charge is 2.18. The Balaban J connectivity index is 1.80. The average molecular weight is 249 g/mol. The van der Waals surface area contributed by atoms with E-state index in [1.165, 1.54) is 0 Å². The van der Waals surface area contributed by atoms with Crippen molar-refractivity contribution in [1.82, 2.24) is 15.2 Å². The summed E-state index contributed by atoms with van der Waals surface area (Å²) in [7, 11) is 0. The van der Waals surface area contributed by atoms with Crippen LogP contribution in [0.3, 0.4) is 0 Å². The van der Waals surface area contributed by atoms with Crippen molar-refractivity contribution in [3.63, 3.8) is 0 Å². The first-order valence-electron chi connectivity index (χ1n) is 6.01. The van der Waals surface area contributed by atoms with Crippen molar-refractivity contribution >= 4 is 11.0 Å². The molecule has 0 spiro atoms. The van der Waals surface area contributed by atoms with Gasteiger partial charge in [0.25, 0.3) is 0 Å². The van der Waals surface area contributed by atoms with Crippen LogP contribution in [0.15, 0.2) is 22.8 Å². The standard InChI is InChI=1S/C12H15N3O3/c16-10-7-15(4-5-17-8-10)6-9-2-1-3-11-12(9)14-18-13-11/h1-3,10,16H,4-8H2. The fraction of sp³-hybridized carbons (Fsp3) is 0.500. The number of ether oxygens (including phenoxy) is 1. The lowest BCUT2D eigenvalue weighted by Gasteiger charge is -2.20. The lowest BCUT2D eigenvalue weighted by molar-refractivity contribution is 0.0562. The third-order valence-corrected chi connectivity index (χ3v) is 3.09. The van der Waals surface area contributed by atoms with Crippen LogP contribution in [0, 0.1) is 0 Å². The van der Waals surface area contributed by atoms with Gasteiger partial charge in [-0.1, -0.05) is 12.1 Å². The van der Waals surface area contributed by atoms with Crippen LogP contribution in [0.1, 0.15) is 5.56 Å². The molecule has 1 aromatic heterocycles. The molecule has 3 rings (SSSR count). The van der Waals surface area contributed by atoms with E-state index in [-0.39, 0.29) is 0 Å². The maximum Gasteiger partial charge on any atom is 0.139 e. The first-order valence-corrected chi connectivity index (χ1v) is 6.01. The van der Waals surface area contributed by atoms with Gasteiger partial charge in [-0.25, -0.2) is 4.63 Å². The van der Waals surface area contributed by atoms with Crippen molar-refractivity contribution in [2.24, 2.45) is 0 Å². The zero-order valence-electron chi connectivity index (χ0n) is 9.95. The summed E-state index contributed by atoms with van der Waals surface area (Å²) < 4.78 is 10.1. The van der Waals surface area contributed by atoms with Crippen LogP contribution >= 0.6 is 0 Å². The summed E-state index contributed by atoms with van der Waals surface area (Å²) in [6, 6.07) is 5.81. The minimum atomic E-state index is -0.429. The molecular weight excluding hydrogens is 234 g/mol. The van der Waals surface area contributed by atoms with Gasteiger partial charge in [0.05, 0.1) is 19.3 Å². The largest absolute Gasteiger partial charge is 0.389 e. The highest BCUT2D eigenvalue weighted by molar-refractivity contribution is 5.76. The van der Waals surface area contributed by atoms with Gasteiger partial charge < -0.3 is 9.84 Å². The monoisotopic (exact) mass is 249 g/mol. The van der Waals surface area contributed by atoms with E-state index in [0.29, 0.717) is 26.3 Å². The molecular formula is C12H15N3O3. The van der Waals surface area contributed by atoms with Gasteiger partial charge >= 0.3 is 0 Å². The van der Waals surface area contributed by atoms with Crippen molar-refractivity contribution in [3.8, 4) is 0 Å². The molecule has 0 aliphatic carbocycles. The molecule has 0 radical (unpaired) electrons. The zero-order chi connectivity index (χ0) is 12.4. The molecule has 2 heterocycles. The SMILES string of the molecule is OC1COCCN(Cc2cccc3nonc23)C1. The summed E-state index contributed by atoms with van der Waals surface area (Å²) >= 11 is 0. The third-order valence-electron chi connectivity index (χ3n) is 3.09. The van der Waals surface area contributed by atoms with Crippen LogP contribution in [0.5, 0.6) is 0 Å². The van der Waals surface area contributed by atoms with Crippen LogP contribution in [0.4, 0.5) is 0 Å². The van der Waals surface area contributed by atoms with Gasteiger partial charge in [0.15, 0.2) is 0 Å². The van der Waals surface area contributed by atoms with E-state index in [4.69, 9.17) is 9.37 Å². The van der Waals surface area contributed by atoms with Crippen molar-refractivity contribution in [2.45, 2.75) is 12.6 Å². The zero-order valence-corrected chi connectivity index (χ0v) is 9.95. The molecule has 96 valence electrons. The quantitative estimate of drug-likeness (QED) is 0.831. The summed E-state index contributed by atoms with van der Waals surface area (Å²) in [5, 5.41) is 17.4. The second-order valence-electron chi connectivity index (χ2n) is 4.51. The highest BCUT2D eigenvalue weighted by atomic mass is 16.6. The van der Waals surface area contributed by atoms with Crippen LogP contribution < -0.4 is 0 Å². The van der Waals surface area contributed by atoms with E-state index in [0.717, 1.165) is 23.1 Å². The predicted molar refractivity (Wildman–Crippen MR) is 63.9 cm³/mol. The second-order valence-corrected chi connectivity index (χ2v) is 4.51. The van der Waals surface area contributed by atoms with Gasteiger partial charge in [-0.05, 0) is 21.9 Å². The van der Waals surface area contributed by atoms with Gasteiger partial charge in [0, 0.05) is 19.6 Å². The fourth-order valence-electron chi connectivity index (χ4n) is 2.23. The molecule has 1 aromatic carbocycles. The fourth-order valence-corrected chi connectivity index (χ4v) is 2.23. The number of nitrogens with zero attached hydrogens (tertiary/aromatic N) is 3. The lowest BCUT2D eigenvalue weighted by atomic mass is 10.1. The summed E-state index contributed by atoms with van der Waals surface area (Å²) in [4.78, 5) is 2.15. The smallest absolute Gasteiger partial charge is 0.139 e. The van der Waals surface area contributed by atoms with E-state index >= 15 is 0 Å². The van der Waals surface area contributed by atoms with Gasteiger partial charge in [-0.3, -0.25) is 4.90 Å². The number of β-amino-alcohol motifs (C(OH)–C–C–N with tert-alkyl or cyclic N) is 1. The van der Waals surface area contributed by atoms with Crippen molar-refractivity contribution in [1.29, 1.82) is 0 Å². The highest BCUT2D eigenvalue weighted by Crippen LogP contribution is 2.17. The van der Waals surface area contributed by atoms with E-state index in [1.54, 1.807) is 0 Å². The van der Waals surface area contributed by atoms with Crippen LogP contribution in [0.25, 0.3) is 11.0 Å². The van der Waals surface area contributed by atoms with Gasteiger partial charge in [-0.2, -0.15) is 0 Å². The average Bonchev–Trinajstić information content (AvgIpc) is 2.75. The second kappa shape index (κ2) is 5.01. The summed E-state index contributed by atoms with van der Waals surface area (Å²) in [5.74, 6) is 0. The minimum Gasteiger partial charge on any atom is -0.389 e. The van der Waals surface area contributed by atoms with E-state index in [2.05, 4.69) is 15.2 Å². The number of fused-ring (bicyclic) bond motifs is 1. The Morgan fingerprint density at radius 3 is 3.28 bits per heavy atom. The number of hydrogen-bond acceptors (Lipinski definition) is 6. The van der Waals surface area contributed by atoms with Crippen LogP contribution in [-0.2, 0) is 11.3 Å². The number of aromatic nitrogens is 2. The van der Waals surface area contributed by atoms with E-state index in [1.807, 2.05) is 18.2 Å². The molecule has 0 bridgehead atoms. The first kappa shape index (κ1) is 11.6. The lowest BCUT2D eigenvalue weighted by Crippen LogP contribution is -2.32. The molecule has 18 heavy (non-hydrogen) atoms. The molecule has 6 heteroatoms. The number of benzene rings is 1. The number of hydrogen-bond donors (Lipinski definition) is 1. The van der Waals surface area contributed by atoms with Gasteiger partial charge in [0.2, 0.25) is 0 Å². The first-order chi connectivity index (χ1) is 8.83. The Labute approximate surface area is 104 Å². The Kier molecular flexibility index (Phi) is 3.22. The molecule has 0 amide bonds. The van der Waals surface area contributed by atoms with Crippen molar-refractivity contribution in [3.05, 3.63) is 23.8 Å². The Bertz CT molecular complexity index is 528. The van der Waals surface area contributed by atoms with Crippen LogP contribution in [-0.4, -0.2) is 52.7 Å². The number of aliphatic hydroxyl groups is 1. The molecule has 1 aliphatic heterocycles. The molecule has 2 aromatic rings. The maximum atomic E-state index is 9.70. The molecule has 1 atom stereocenters. The van der Waals surface area contributed by atoms with Crippen molar-refractivity contribution < 1.29 is 14.5 Å². The summed E-state index contributed by atoms with van der Waals surface area (Å²) in [6.07, 6.45) is -0.429. The molecule has 6 nitrogen and oxygen atoms in total. The molecule has 1 N–H and O–H groups in total. The Morgan fingerprint density at radius 2 is 2.33 bits per heavy atom. The normalized spacial score (nSPS) is 22.2.